The van der Waals surface area contributed by atoms with Gasteiger partial charge in [0.05, 0.1) is 6.33 Å². The molecule has 2 aromatic heterocycles. The van der Waals surface area contributed by atoms with Crippen molar-refractivity contribution in [3.05, 3.63) is 42.9 Å². The number of nitrogens with zero attached hydrogens (tertiary/aromatic N) is 4. The van der Waals surface area contributed by atoms with Crippen LogP contribution >= 0.6 is 0 Å². The van der Waals surface area contributed by atoms with Gasteiger partial charge in [-0.05, 0) is 25.0 Å². The Kier molecular flexibility index (Phi) is 2.96. The van der Waals surface area contributed by atoms with E-state index in [0.29, 0.717) is 6.04 Å². The number of anilines is 1. The third-order valence-electron chi connectivity index (χ3n) is 3.44. The Balaban J connectivity index is 1.67. The monoisotopic (exact) mass is 246 g/mol. The highest BCUT2D eigenvalue weighted by molar-refractivity contribution is 5.38. The number of halogens is 1. The second-order valence-corrected chi connectivity index (χ2v) is 4.55. The van der Waals surface area contributed by atoms with E-state index < -0.39 is 5.95 Å². The van der Waals surface area contributed by atoms with Crippen LogP contribution in [-0.2, 0) is 0 Å². The second kappa shape index (κ2) is 4.76. The summed E-state index contributed by atoms with van der Waals surface area (Å²) in [6, 6.07) is 5.44. The zero-order valence-corrected chi connectivity index (χ0v) is 10.0. The van der Waals surface area contributed by atoms with Crippen molar-refractivity contribution in [2.45, 2.75) is 18.9 Å². The fourth-order valence-electron chi connectivity index (χ4n) is 2.45. The molecule has 0 unspecified atom stereocenters. The van der Waals surface area contributed by atoms with Crippen LogP contribution in [0, 0.1) is 5.95 Å². The van der Waals surface area contributed by atoms with Gasteiger partial charge >= 0.3 is 0 Å². The maximum atomic E-state index is 13.1. The lowest BCUT2D eigenvalue weighted by Crippen LogP contribution is -2.35. The van der Waals surface area contributed by atoms with E-state index in [1.807, 2.05) is 18.6 Å². The number of hydrogen-bond acceptors (Lipinski definition) is 3. The van der Waals surface area contributed by atoms with Gasteiger partial charge in [-0.3, -0.25) is 0 Å². The van der Waals surface area contributed by atoms with Gasteiger partial charge < -0.3 is 9.47 Å². The molecule has 0 saturated carbocycles. The SMILES string of the molecule is Fc1cccc(N2CCC(n3ccnc3)CC2)n1. The van der Waals surface area contributed by atoms with Gasteiger partial charge in [0.1, 0.15) is 5.82 Å². The number of imidazole rings is 1. The Morgan fingerprint density at radius 1 is 1.22 bits per heavy atom. The molecule has 0 spiro atoms. The zero-order chi connectivity index (χ0) is 12.4. The topological polar surface area (TPSA) is 34.0 Å². The predicted molar refractivity (Wildman–Crippen MR) is 66.9 cm³/mol. The summed E-state index contributed by atoms with van der Waals surface area (Å²) < 4.78 is 15.2. The lowest BCUT2D eigenvalue weighted by atomic mass is 10.1. The van der Waals surface area contributed by atoms with E-state index in [-0.39, 0.29) is 0 Å². The smallest absolute Gasteiger partial charge is 0.214 e. The molecule has 1 saturated heterocycles. The van der Waals surface area contributed by atoms with E-state index in [1.54, 1.807) is 12.3 Å². The molecule has 94 valence electrons. The average molecular weight is 246 g/mol. The van der Waals surface area contributed by atoms with Crippen LogP contribution in [0.4, 0.5) is 10.2 Å². The fraction of sp³-hybridized carbons (Fsp3) is 0.385. The second-order valence-electron chi connectivity index (χ2n) is 4.55. The third kappa shape index (κ3) is 2.20. The van der Waals surface area contributed by atoms with Crippen LogP contribution in [-0.4, -0.2) is 27.6 Å². The number of hydrogen-bond donors (Lipinski definition) is 0. The van der Waals surface area contributed by atoms with Crippen LogP contribution < -0.4 is 4.90 Å². The zero-order valence-electron chi connectivity index (χ0n) is 10.0. The van der Waals surface area contributed by atoms with Gasteiger partial charge in [-0.1, -0.05) is 6.07 Å². The van der Waals surface area contributed by atoms with Crippen molar-refractivity contribution in [2.24, 2.45) is 0 Å². The molecule has 0 aromatic carbocycles. The first-order chi connectivity index (χ1) is 8.83. The summed E-state index contributed by atoms with van der Waals surface area (Å²) in [5.41, 5.74) is 0. The molecule has 0 atom stereocenters. The molecule has 1 fully saturated rings. The van der Waals surface area contributed by atoms with Crippen LogP contribution in [0.5, 0.6) is 0 Å². The first kappa shape index (κ1) is 11.2. The van der Waals surface area contributed by atoms with Gasteiger partial charge in [-0.15, -0.1) is 0 Å². The summed E-state index contributed by atoms with van der Waals surface area (Å²) in [7, 11) is 0. The number of aromatic nitrogens is 3. The Hall–Kier alpha value is -1.91. The molecule has 1 aliphatic heterocycles. The molecule has 2 aromatic rings. The van der Waals surface area contributed by atoms with Crippen LogP contribution in [0.1, 0.15) is 18.9 Å². The normalized spacial score (nSPS) is 17.1. The molecular formula is C13H15FN4. The van der Waals surface area contributed by atoms with Crippen molar-refractivity contribution >= 4 is 5.82 Å². The minimum Gasteiger partial charge on any atom is -0.356 e. The van der Waals surface area contributed by atoms with Gasteiger partial charge in [0.2, 0.25) is 5.95 Å². The highest BCUT2D eigenvalue weighted by Crippen LogP contribution is 2.25. The Morgan fingerprint density at radius 3 is 2.72 bits per heavy atom. The van der Waals surface area contributed by atoms with Gasteiger partial charge in [-0.25, -0.2) is 9.97 Å². The molecule has 1 aliphatic rings. The largest absolute Gasteiger partial charge is 0.356 e. The molecule has 0 aliphatic carbocycles. The van der Waals surface area contributed by atoms with E-state index in [2.05, 4.69) is 19.4 Å². The average Bonchev–Trinajstić information content (AvgIpc) is 2.93. The van der Waals surface area contributed by atoms with E-state index in [9.17, 15) is 4.39 Å². The lowest BCUT2D eigenvalue weighted by Gasteiger charge is -2.33. The van der Waals surface area contributed by atoms with E-state index >= 15 is 0 Å². The summed E-state index contributed by atoms with van der Waals surface area (Å²) in [4.78, 5) is 10.1. The summed E-state index contributed by atoms with van der Waals surface area (Å²) in [6.45, 7) is 1.80. The first-order valence-corrected chi connectivity index (χ1v) is 6.18. The van der Waals surface area contributed by atoms with Crippen molar-refractivity contribution < 1.29 is 4.39 Å². The maximum Gasteiger partial charge on any atom is 0.214 e. The Morgan fingerprint density at radius 2 is 2.06 bits per heavy atom. The molecule has 0 radical (unpaired) electrons. The molecular weight excluding hydrogens is 231 g/mol. The van der Waals surface area contributed by atoms with Crippen LogP contribution in [0.3, 0.4) is 0 Å². The van der Waals surface area contributed by atoms with Crippen molar-refractivity contribution in [3.8, 4) is 0 Å². The highest BCUT2D eigenvalue weighted by Gasteiger charge is 2.21. The minimum atomic E-state index is -0.413. The van der Waals surface area contributed by atoms with E-state index in [0.717, 1.165) is 31.7 Å². The predicted octanol–water partition coefficient (Wildman–Crippen LogP) is 2.26. The van der Waals surface area contributed by atoms with Crippen molar-refractivity contribution in [1.82, 2.24) is 14.5 Å². The van der Waals surface area contributed by atoms with Crippen LogP contribution in [0.2, 0.25) is 0 Å². The van der Waals surface area contributed by atoms with Gasteiger partial charge in [0.25, 0.3) is 0 Å². The molecule has 3 heterocycles. The lowest BCUT2D eigenvalue weighted by molar-refractivity contribution is 0.394. The molecule has 18 heavy (non-hydrogen) atoms. The summed E-state index contributed by atoms with van der Waals surface area (Å²) in [5, 5.41) is 0. The van der Waals surface area contributed by atoms with Crippen LogP contribution in [0.15, 0.2) is 36.9 Å². The Bertz CT molecular complexity index is 503. The van der Waals surface area contributed by atoms with Gasteiger partial charge in [-0.2, -0.15) is 4.39 Å². The first-order valence-electron chi connectivity index (χ1n) is 6.18. The Labute approximate surface area is 105 Å². The van der Waals surface area contributed by atoms with Crippen LogP contribution in [0.25, 0.3) is 0 Å². The highest BCUT2D eigenvalue weighted by atomic mass is 19.1. The summed E-state index contributed by atoms with van der Waals surface area (Å²) in [5.74, 6) is 0.323. The number of rotatable bonds is 2. The minimum absolute atomic E-state index is 0.413. The number of piperidine rings is 1. The summed E-state index contributed by atoms with van der Waals surface area (Å²) in [6.07, 6.45) is 7.74. The maximum absolute atomic E-state index is 13.1. The summed E-state index contributed by atoms with van der Waals surface area (Å²) >= 11 is 0. The molecule has 4 nitrogen and oxygen atoms in total. The standard InChI is InChI=1S/C13H15FN4/c14-12-2-1-3-13(16-12)17-7-4-11(5-8-17)18-9-6-15-10-18/h1-3,6,9-11H,4-5,7-8H2. The molecule has 0 N–H and O–H groups in total. The van der Waals surface area contributed by atoms with Crippen molar-refractivity contribution in [2.75, 3.05) is 18.0 Å². The quantitative estimate of drug-likeness (QED) is 0.762. The van der Waals surface area contributed by atoms with Crippen molar-refractivity contribution in [1.29, 1.82) is 0 Å². The van der Waals surface area contributed by atoms with Crippen molar-refractivity contribution in [3.63, 3.8) is 0 Å². The fourth-order valence-corrected chi connectivity index (χ4v) is 2.45. The number of pyridine rings is 1. The molecule has 0 bridgehead atoms. The van der Waals surface area contributed by atoms with E-state index in [4.69, 9.17) is 0 Å². The van der Waals surface area contributed by atoms with Gasteiger partial charge in [0.15, 0.2) is 0 Å². The third-order valence-corrected chi connectivity index (χ3v) is 3.44. The van der Waals surface area contributed by atoms with Gasteiger partial charge in [0, 0.05) is 31.5 Å². The molecule has 5 heteroatoms. The molecule has 0 amide bonds. The van der Waals surface area contributed by atoms with E-state index in [1.165, 1.54) is 6.07 Å². The molecule has 3 rings (SSSR count).